The predicted molar refractivity (Wildman–Crippen MR) is 112 cm³/mol. The highest BCUT2D eigenvalue weighted by Crippen LogP contribution is 2.25. The number of ether oxygens (including phenoxy) is 1. The molecule has 0 bridgehead atoms. The summed E-state index contributed by atoms with van der Waals surface area (Å²) in [6.07, 6.45) is 11.5. The summed E-state index contributed by atoms with van der Waals surface area (Å²) in [4.78, 5) is 17.0. The highest BCUT2D eigenvalue weighted by Gasteiger charge is 2.17. The Labute approximate surface area is 173 Å². The minimum Gasteiger partial charge on any atom is -0.376 e. The molecule has 1 atom stereocenters. The molecule has 152 valence electrons. The largest absolute Gasteiger partial charge is 0.376 e. The molecule has 1 N–H and O–H groups in total. The third-order valence-electron chi connectivity index (χ3n) is 5.37. The fourth-order valence-corrected chi connectivity index (χ4v) is 3.71. The first-order valence-electron chi connectivity index (χ1n) is 10.00. The van der Waals surface area contributed by atoms with Gasteiger partial charge in [-0.1, -0.05) is 12.1 Å². The summed E-state index contributed by atoms with van der Waals surface area (Å²) >= 11 is 0. The number of nitrogens with one attached hydrogen (secondary N) is 1. The quantitative estimate of drug-likeness (QED) is 0.555. The fraction of sp³-hybridized carbons (Fsp3) is 0.273. The summed E-state index contributed by atoms with van der Waals surface area (Å²) < 4.78 is 9.07. The maximum absolute atomic E-state index is 12.4. The van der Waals surface area contributed by atoms with Gasteiger partial charge in [0.05, 0.1) is 18.5 Å². The number of carbonyl (C=O) groups excluding carboxylic acids is 1. The van der Waals surface area contributed by atoms with Crippen LogP contribution in [0.2, 0.25) is 0 Å². The molecule has 1 aliphatic heterocycles. The molecule has 8 heteroatoms. The molecule has 4 aromatic rings. The van der Waals surface area contributed by atoms with Crippen LogP contribution in [0.25, 0.3) is 27.9 Å². The minimum absolute atomic E-state index is 0.0869. The summed E-state index contributed by atoms with van der Waals surface area (Å²) in [5.41, 5.74) is 5.20. The predicted octanol–water partition coefficient (Wildman–Crippen LogP) is 2.71. The maximum Gasteiger partial charge on any atom is 0.251 e. The lowest BCUT2D eigenvalue weighted by Crippen LogP contribution is -2.31. The molecule has 0 spiro atoms. The number of carbonyl (C=O) groups is 1. The van der Waals surface area contributed by atoms with Gasteiger partial charge < -0.3 is 10.1 Å². The van der Waals surface area contributed by atoms with Crippen molar-refractivity contribution in [1.29, 1.82) is 0 Å². The molecule has 0 radical (unpaired) electrons. The molecule has 5 rings (SSSR count). The van der Waals surface area contributed by atoms with Crippen LogP contribution >= 0.6 is 0 Å². The summed E-state index contributed by atoms with van der Waals surface area (Å²) in [7, 11) is 1.88. The lowest BCUT2D eigenvalue weighted by Gasteiger charge is -2.11. The van der Waals surface area contributed by atoms with Gasteiger partial charge in [0, 0.05) is 61.0 Å². The van der Waals surface area contributed by atoms with Crippen molar-refractivity contribution in [2.24, 2.45) is 7.05 Å². The number of rotatable bonds is 5. The molecule has 0 aliphatic carbocycles. The first kappa shape index (κ1) is 18.5. The average molecular weight is 402 g/mol. The third kappa shape index (κ3) is 3.57. The van der Waals surface area contributed by atoms with Gasteiger partial charge in [-0.05, 0) is 30.5 Å². The Morgan fingerprint density at radius 3 is 2.67 bits per heavy atom. The van der Waals surface area contributed by atoms with Crippen LogP contribution < -0.4 is 5.32 Å². The summed E-state index contributed by atoms with van der Waals surface area (Å²) in [5, 5.41) is 11.6. The van der Waals surface area contributed by atoms with E-state index in [9.17, 15) is 4.79 Å². The van der Waals surface area contributed by atoms with Gasteiger partial charge in [-0.3, -0.25) is 9.48 Å². The van der Waals surface area contributed by atoms with E-state index in [0.717, 1.165) is 47.3 Å². The van der Waals surface area contributed by atoms with Crippen molar-refractivity contribution in [2.45, 2.75) is 18.9 Å². The highest BCUT2D eigenvalue weighted by atomic mass is 16.5. The number of nitrogens with zero attached hydrogens (tertiary/aromatic N) is 5. The first-order valence-corrected chi connectivity index (χ1v) is 10.00. The second kappa shape index (κ2) is 7.72. The molecule has 1 aromatic carbocycles. The van der Waals surface area contributed by atoms with Gasteiger partial charge in [0.15, 0.2) is 5.65 Å². The molecule has 1 amide bonds. The van der Waals surface area contributed by atoms with Crippen LogP contribution in [-0.4, -0.2) is 49.5 Å². The number of amides is 1. The maximum atomic E-state index is 12.4. The van der Waals surface area contributed by atoms with E-state index in [0.29, 0.717) is 12.1 Å². The van der Waals surface area contributed by atoms with Crippen molar-refractivity contribution in [3.8, 4) is 22.3 Å². The Morgan fingerprint density at radius 1 is 1.10 bits per heavy atom. The summed E-state index contributed by atoms with van der Waals surface area (Å²) in [5.74, 6) is -0.0869. The fourth-order valence-electron chi connectivity index (χ4n) is 3.71. The van der Waals surface area contributed by atoms with Crippen LogP contribution in [0.1, 0.15) is 23.2 Å². The van der Waals surface area contributed by atoms with Crippen molar-refractivity contribution in [3.05, 3.63) is 60.8 Å². The molecule has 8 nitrogen and oxygen atoms in total. The monoisotopic (exact) mass is 402 g/mol. The number of aromatic nitrogens is 5. The van der Waals surface area contributed by atoms with E-state index >= 15 is 0 Å². The van der Waals surface area contributed by atoms with E-state index in [4.69, 9.17) is 4.74 Å². The molecule has 1 saturated heterocycles. The van der Waals surface area contributed by atoms with Gasteiger partial charge in [0.1, 0.15) is 0 Å². The standard InChI is InChI=1S/C22H22N6O2/c1-27-13-18(10-25-27)17-9-23-21-20(12-26-28(21)14-17)15-4-6-16(7-5-15)22(29)24-11-19-3-2-8-30-19/h4-7,9-10,12-14,19H,2-3,8,11H2,1H3,(H,24,29). The van der Waals surface area contributed by atoms with Crippen LogP contribution in [0.5, 0.6) is 0 Å². The van der Waals surface area contributed by atoms with Crippen LogP contribution in [0.3, 0.4) is 0 Å². The van der Waals surface area contributed by atoms with Crippen LogP contribution in [-0.2, 0) is 11.8 Å². The molecule has 3 aromatic heterocycles. The molecule has 0 saturated carbocycles. The lowest BCUT2D eigenvalue weighted by atomic mass is 10.1. The molecule has 4 heterocycles. The topological polar surface area (TPSA) is 86.3 Å². The zero-order chi connectivity index (χ0) is 20.5. The lowest BCUT2D eigenvalue weighted by molar-refractivity contribution is 0.0858. The molecule has 1 fully saturated rings. The van der Waals surface area contributed by atoms with E-state index < -0.39 is 0 Å². The van der Waals surface area contributed by atoms with E-state index in [1.54, 1.807) is 21.6 Å². The Bertz CT molecular complexity index is 1190. The number of aryl methyl sites for hydroxylation is 1. The van der Waals surface area contributed by atoms with Gasteiger partial charge in [-0.15, -0.1) is 0 Å². The SMILES string of the molecule is Cn1cc(-c2cnc3c(-c4ccc(C(=O)NCC5CCCO5)cc4)cnn3c2)cn1. The Hall–Kier alpha value is -3.52. The zero-order valence-corrected chi connectivity index (χ0v) is 16.7. The Balaban J connectivity index is 1.34. The van der Waals surface area contributed by atoms with Crippen LogP contribution in [0.4, 0.5) is 0 Å². The smallest absolute Gasteiger partial charge is 0.251 e. The zero-order valence-electron chi connectivity index (χ0n) is 16.7. The first-order chi connectivity index (χ1) is 14.7. The molecule has 30 heavy (non-hydrogen) atoms. The highest BCUT2D eigenvalue weighted by molar-refractivity contribution is 5.95. The molecule has 1 aliphatic rings. The van der Waals surface area contributed by atoms with Crippen molar-refractivity contribution < 1.29 is 9.53 Å². The molecular formula is C22H22N6O2. The van der Waals surface area contributed by atoms with Crippen LogP contribution in [0.15, 0.2) is 55.2 Å². The molecular weight excluding hydrogens is 380 g/mol. The number of hydrogen-bond acceptors (Lipinski definition) is 5. The third-order valence-corrected chi connectivity index (χ3v) is 5.37. The van der Waals surface area contributed by atoms with Gasteiger partial charge in [0.2, 0.25) is 0 Å². The second-order valence-electron chi connectivity index (χ2n) is 7.49. The number of benzene rings is 1. The van der Waals surface area contributed by atoms with Crippen molar-refractivity contribution in [1.82, 2.24) is 29.7 Å². The summed E-state index contributed by atoms with van der Waals surface area (Å²) in [6.45, 7) is 1.34. The van der Waals surface area contributed by atoms with Crippen LogP contribution in [0, 0.1) is 0 Å². The van der Waals surface area contributed by atoms with Gasteiger partial charge in [-0.2, -0.15) is 10.2 Å². The number of hydrogen-bond donors (Lipinski definition) is 1. The Morgan fingerprint density at radius 2 is 1.93 bits per heavy atom. The van der Waals surface area contributed by atoms with E-state index in [-0.39, 0.29) is 12.0 Å². The molecule has 1 unspecified atom stereocenters. The van der Waals surface area contributed by atoms with Crippen molar-refractivity contribution in [2.75, 3.05) is 13.2 Å². The van der Waals surface area contributed by atoms with Gasteiger partial charge in [-0.25, -0.2) is 9.50 Å². The number of fused-ring (bicyclic) bond motifs is 1. The minimum atomic E-state index is -0.0869. The van der Waals surface area contributed by atoms with Crippen molar-refractivity contribution in [3.63, 3.8) is 0 Å². The van der Waals surface area contributed by atoms with Gasteiger partial charge in [0.25, 0.3) is 5.91 Å². The normalized spacial score (nSPS) is 16.2. The summed E-state index contributed by atoms with van der Waals surface area (Å²) in [6, 6.07) is 7.50. The van der Waals surface area contributed by atoms with E-state index in [2.05, 4.69) is 20.5 Å². The van der Waals surface area contributed by atoms with Gasteiger partial charge >= 0.3 is 0 Å². The van der Waals surface area contributed by atoms with E-state index in [1.165, 1.54) is 0 Å². The van der Waals surface area contributed by atoms with Crippen molar-refractivity contribution >= 4 is 11.6 Å². The van der Waals surface area contributed by atoms with E-state index in [1.807, 2.05) is 49.9 Å². The average Bonchev–Trinajstić information content (AvgIpc) is 3.52. The second-order valence-corrected chi connectivity index (χ2v) is 7.49. The Kier molecular flexibility index (Phi) is 4.76.